The normalized spacial score (nSPS) is 20.0. The highest BCUT2D eigenvalue weighted by Gasteiger charge is 2.42. The number of anilines is 1. The fourth-order valence-corrected chi connectivity index (χ4v) is 4.22. The molecule has 22 heavy (non-hydrogen) atoms. The SMILES string of the molecule is O=C1NC2(CCCC2)Nc2c1sc1nc(C(F)(F)F)ccc21. The lowest BCUT2D eigenvalue weighted by atomic mass is 10.0. The van der Waals surface area contributed by atoms with Gasteiger partial charge in [-0.05, 0) is 37.8 Å². The second-order valence-electron chi connectivity index (χ2n) is 5.72. The molecule has 2 N–H and O–H groups in total. The summed E-state index contributed by atoms with van der Waals surface area (Å²) in [5, 5.41) is 6.88. The number of alkyl halides is 3. The first kappa shape index (κ1) is 13.8. The molecule has 1 aliphatic heterocycles. The van der Waals surface area contributed by atoms with Gasteiger partial charge in [-0.2, -0.15) is 13.2 Å². The van der Waals surface area contributed by atoms with Gasteiger partial charge in [0.15, 0.2) is 0 Å². The Kier molecular flexibility index (Phi) is 2.73. The average Bonchev–Trinajstić information content (AvgIpc) is 3.03. The van der Waals surface area contributed by atoms with E-state index in [2.05, 4.69) is 15.6 Å². The van der Waals surface area contributed by atoms with Crippen LogP contribution >= 0.6 is 11.3 Å². The minimum absolute atomic E-state index is 0.229. The van der Waals surface area contributed by atoms with E-state index in [9.17, 15) is 18.0 Å². The molecule has 0 atom stereocenters. The average molecular weight is 327 g/mol. The number of fused-ring (bicyclic) bond motifs is 3. The van der Waals surface area contributed by atoms with Crippen molar-refractivity contribution < 1.29 is 18.0 Å². The van der Waals surface area contributed by atoms with Gasteiger partial charge in [-0.3, -0.25) is 4.79 Å². The van der Waals surface area contributed by atoms with E-state index >= 15 is 0 Å². The van der Waals surface area contributed by atoms with E-state index in [0.29, 0.717) is 16.0 Å². The van der Waals surface area contributed by atoms with E-state index in [0.717, 1.165) is 43.1 Å². The van der Waals surface area contributed by atoms with Crippen LogP contribution in [0.2, 0.25) is 0 Å². The third kappa shape index (κ3) is 1.97. The number of hydrogen-bond acceptors (Lipinski definition) is 4. The summed E-state index contributed by atoms with van der Waals surface area (Å²) in [5.74, 6) is -0.229. The second kappa shape index (κ2) is 4.34. The van der Waals surface area contributed by atoms with Crippen LogP contribution in [0.3, 0.4) is 0 Å². The first-order chi connectivity index (χ1) is 10.4. The van der Waals surface area contributed by atoms with Gasteiger partial charge in [0.1, 0.15) is 21.1 Å². The minimum atomic E-state index is -4.49. The van der Waals surface area contributed by atoms with Crippen molar-refractivity contribution in [2.24, 2.45) is 0 Å². The zero-order valence-electron chi connectivity index (χ0n) is 11.4. The highest BCUT2D eigenvalue weighted by Crippen LogP contribution is 2.43. The Morgan fingerprint density at radius 2 is 1.91 bits per heavy atom. The van der Waals surface area contributed by atoms with Crippen LogP contribution < -0.4 is 10.6 Å². The van der Waals surface area contributed by atoms with E-state index in [-0.39, 0.29) is 10.7 Å². The summed E-state index contributed by atoms with van der Waals surface area (Å²) < 4.78 is 38.3. The Balaban J connectivity index is 1.85. The van der Waals surface area contributed by atoms with Crippen molar-refractivity contribution in [3.8, 4) is 0 Å². The summed E-state index contributed by atoms with van der Waals surface area (Å²) in [6, 6.07) is 2.36. The van der Waals surface area contributed by atoms with Gasteiger partial charge in [-0.1, -0.05) is 0 Å². The first-order valence-electron chi connectivity index (χ1n) is 6.99. The maximum absolute atomic E-state index is 12.8. The largest absolute Gasteiger partial charge is 0.433 e. The van der Waals surface area contributed by atoms with Crippen LogP contribution in [-0.2, 0) is 6.18 Å². The molecular formula is C14H12F3N3OS. The summed E-state index contributed by atoms with van der Waals surface area (Å²) >= 11 is 0.995. The summed E-state index contributed by atoms with van der Waals surface area (Å²) in [5.41, 5.74) is -0.776. The molecule has 4 nitrogen and oxygen atoms in total. The standard InChI is InChI=1S/C14H12F3N3OS/c15-14(16,17)8-4-3-7-9-10(22-12(7)18-8)11(21)20-13(19-9)5-1-2-6-13/h3-4,19H,1-2,5-6H2,(H,20,21). The molecule has 1 saturated carbocycles. The Morgan fingerprint density at radius 1 is 1.18 bits per heavy atom. The number of pyridine rings is 1. The Morgan fingerprint density at radius 3 is 2.59 bits per heavy atom. The fourth-order valence-electron chi connectivity index (χ4n) is 3.19. The van der Waals surface area contributed by atoms with Crippen LogP contribution in [0, 0.1) is 0 Å². The molecule has 116 valence electrons. The van der Waals surface area contributed by atoms with Gasteiger partial charge < -0.3 is 10.6 Å². The van der Waals surface area contributed by atoms with Crippen molar-refractivity contribution >= 4 is 33.1 Å². The Hall–Kier alpha value is -1.83. The Labute approximate surface area is 127 Å². The van der Waals surface area contributed by atoms with E-state index in [1.54, 1.807) is 0 Å². The number of thiophene rings is 1. The van der Waals surface area contributed by atoms with E-state index < -0.39 is 17.5 Å². The third-order valence-corrected chi connectivity index (χ3v) is 5.32. The quantitative estimate of drug-likeness (QED) is 0.775. The van der Waals surface area contributed by atoms with Crippen LogP contribution in [0.25, 0.3) is 10.2 Å². The van der Waals surface area contributed by atoms with Crippen LogP contribution in [0.1, 0.15) is 41.0 Å². The van der Waals surface area contributed by atoms with E-state index in [1.165, 1.54) is 6.07 Å². The molecule has 1 aliphatic carbocycles. The molecular weight excluding hydrogens is 315 g/mol. The summed E-state index contributed by atoms with van der Waals surface area (Å²) in [7, 11) is 0. The molecule has 2 aromatic heterocycles. The van der Waals surface area contributed by atoms with Gasteiger partial charge in [0, 0.05) is 5.39 Å². The van der Waals surface area contributed by atoms with Gasteiger partial charge in [0.2, 0.25) is 0 Å². The number of nitrogens with one attached hydrogen (secondary N) is 2. The number of carbonyl (C=O) groups excluding carboxylic acids is 1. The van der Waals surface area contributed by atoms with Gasteiger partial charge >= 0.3 is 6.18 Å². The monoisotopic (exact) mass is 327 g/mol. The maximum Gasteiger partial charge on any atom is 0.433 e. The van der Waals surface area contributed by atoms with Gasteiger partial charge in [0.25, 0.3) is 5.91 Å². The molecule has 0 bridgehead atoms. The predicted octanol–water partition coefficient (Wildman–Crippen LogP) is 3.74. The maximum atomic E-state index is 12.8. The van der Waals surface area contributed by atoms with E-state index in [1.807, 2.05) is 0 Å². The van der Waals surface area contributed by atoms with Crippen molar-refractivity contribution in [3.05, 3.63) is 22.7 Å². The molecule has 0 aromatic carbocycles. The molecule has 1 amide bonds. The highest BCUT2D eigenvalue weighted by atomic mass is 32.1. The molecule has 0 saturated heterocycles. The molecule has 0 radical (unpaired) electrons. The fraction of sp³-hybridized carbons (Fsp3) is 0.429. The second-order valence-corrected chi connectivity index (χ2v) is 6.72. The highest BCUT2D eigenvalue weighted by molar-refractivity contribution is 7.21. The number of nitrogens with zero attached hydrogens (tertiary/aromatic N) is 1. The van der Waals surface area contributed by atoms with Crippen LogP contribution in [0.15, 0.2) is 12.1 Å². The zero-order chi connectivity index (χ0) is 15.5. The Bertz CT molecular complexity index is 777. The predicted molar refractivity (Wildman–Crippen MR) is 76.9 cm³/mol. The van der Waals surface area contributed by atoms with Crippen molar-refractivity contribution in [1.82, 2.24) is 10.3 Å². The zero-order valence-corrected chi connectivity index (χ0v) is 12.2. The van der Waals surface area contributed by atoms with Crippen molar-refractivity contribution in [3.63, 3.8) is 0 Å². The van der Waals surface area contributed by atoms with Crippen molar-refractivity contribution in [2.75, 3.05) is 5.32 Å². The molecule has 8 heteroatoms. The van der Waals surface area contributed by atoms with Gasteiger partial charge in [0.05, 0.1) is 5.69 Å². The third-order valence-electron chi connectivity index (χ3n) is 4.23. The topological polar surface area (TPSA) is 54.0 Å². The van der Waals surface area contributed by atoms with Crippen LogP contribution in [-0.4, -0.2) is 16.6 Å². The number of hydrogen-bond donors (Lipinski definition) is 2. The lowest BCUT2D eigenvalue weighted by Crippen LogP contribution is -2.55. The lowest BCUT2D eigenvalue weighted by Gasteiger charge is -2.36. The molecule has 1 fully saturated rings. The molecule has 4 rings (SSSR count). The number of carbonyl (C=O) groups is 1. The molecule has 0 unspecified atom stereocenters. The summed E-state index contributed by atoms with van der Waals surface area (Å²) in [4.78, 5) is 16.6. The number of rotatable bonds is 0. The van der Waals surface area contributed by atoms with Crippen molar-refractivity contribution in [1.29, 1.82) is 0 Å². The molecule has 2 aromatic rings. The summed E-state index contributed by atoms with van der Waals surface area (Å²) in [6.07, 6.45) is -0.809. The van der Waals surface area contributed by atoms with Gasteiger partial charge in [-0.25, -0.2) is 4.98 Å². The lowest BCUT2D eigenvalue weighted by molar-refractivity contribution is -0.140. The van der Waals surface area contributed by atoms with Gasteiger partial charge in [-0.15, -0.1) is 11.3 Å². The molecule has 1 spiro atoms. The molecule has 2 aliphatic rings. The first-order valence-corrected chi connectivity index (χ1v) is 7.81. The molecule has 3 heterocycles. The number of aromatic nitrogens is 1. The smallest absolute Gasteiger partial charge is 0.361 e. The van der Waals surface area contributed by atoms with Crippen molar-refractivity contribution in [2.45, 2.75) is 37.5 Å². The van der Waals surface area contributed by atoms with Crippen LogP contribution in [0.5, 0.6) is 0 Å². The van der Waals surface area contributed by atoms with E-state index in [4.69, 9.17) is 0 Å². The number of halogens is 3. The summed E-state index contributed by atoms with van der Waals surface area (Å²) in [6.45, 7) is 0. The van der Waals surface area contributed by atoms with Crippen LogP contribution in [0.4, 0.5) is 18.9 Å². The number of amides is 1. The minimum Gasteiger partial charge on any atom is -0.361 e.